The van der Waals surface area contributed by atoms with Crippen LogP contribution in [0.4, 0.5) is 5.69 Å². The molecule has 26 heavy (non-hydrogen) atoms. The van der Waals surface area contributed by atoms with Crippen molar-refractivity contribution in [2.75, 3.05) is 12.4 Å². The summed E-state index contributed by atoms with van der Waals surface area (Å²) in [7, 11) is 1.57. The third kappa shape index (κ3) is 4.64. The van der Waals surface area contributed by atoms with E-state index in [-0.39, 0.29) is 5.91 Å². The molecule has 1 amide bonds. The monoisotopic (exact) mass is 411 g/mol. The highest BCUT2D eigenvalue weighted by atomic mass is 79.9. The van der Waals surface area contributed by atoms with Crippen LogP contribution in [0.1, 0.15) is 15.9 Å². The lowest BCUT2D eigenvalue weighted by atomic mass is 10.1. The van der Waals surface area contributed by atoms with Gasteiger partial charge in [-0.3, -0.25) is 4.79 Å². The normalized spacial score (nSPS) is 10.2. The van der Waals surface area contributed by atoms with Gasteiger partial charge in [-0.1, -0.05) is 40.2 Å². The van der Waals surface area contributed by atoms with Gasteiger partial charge in [0.05, 0.1) is 12.8 Å². The zero-order valence-electron chi connectivity index (χ0n) is 14.2. The molecule has 3 rings (SSSR count). The van der Waals surface area contributed by atoms with E-state index in [1.165, 1.54) is 0 Å². The van der Waals surface area contributed by atoms with Crippen molar-refractivity contribution in [2.45, 2.75) is 6.61 Å². The molecule has 0 aliphatic heterocycles. The Morgan fingerprint density at radius 1 is 0.962 bits per heavy atom. The van der Waals surface area contributed by atoms with Crippen LogP contribution in [0.15, 0.2) is 77.3 Å². The number of carbonyl (C=O) groups excluding carboxylic acids is 1. The number of rotatable bonds is 6. The van der Waals surface area contributed by atoms with Crippen molar-refractivity contribution < 1.29 is 14.3 Å². The van der Waals surface area contributed by atoms with E-state index in [0.717, 1.165) is 15.8 Å². The Morgan fingerprint density at radius 3 is 2.35 bits per heavy atom. The molecule has 0 radical (unpaired) electrons. The van der Waals surface area contributed by atoms with Crippen molar-refractivity contribution in [1.82, 2.24) is 0 Å². The summed E-state index contributed by atoms with van der Waals surface area (Å²) in [6.07, 6.45) is 0. The SMILES string of the molecule is COc1ccccc1NC(=O)c1ccc(COc2ccc(Br)cc2)cc1. The van der Waals surface area contributed by atoms with E-state index < -0.39 is 0 Å². The topological polar surface area (TPSA) is 47.6 Å². The minimum Gasteiger partial charge on any atom is -0.495 e. The number of para-hydroxylation sites is 2. The second-order valence-electron chi connectivity index (χ2n) is 5.59. The predicted octanol–water partition coefficient (Wildman–Crippen LogP) is 5.29. The van der Waals surface area contributed by atoms with E-state index in [2.05, 4.69) is 21.2 Å². The summed E-state index contributed by atoms with van der Waals surface area (Å²) in [5, 5.41) is 2.86. The lowest BCUT2D eigenvalue weighted by Crippen LogP contribution is -2.12. The quantitative estimate of drug-likeness (QED) is 0.599. The first-order valence-corrected chi connectivity index (χ1v) is 8.86. The highest BCUT2D eigenvalue weighted by molar-refractivity contribution is 9.10. The molecular formula is C21H18BrNO3. The van der Waals surface area contributed by atoms with Gasteiger partial charge in [-0.15, -0.1) is 0 Å². The summed E-state index contributed by atoms with van der Waals surface area (Å²) in [5.74, 6) is 1.24. The van der Waals surface area contributed by atoms with E-state index in [1.54, 1.807) is 31.4 Å². The molecule has 0 atom stereocenters. The molecular weight excluding hydrogens is 394 g/mol. The summed E-state index contributed by atoms with van der Waals surface area (Å²) in [6, 6.07) is 22.3. The number of anilines is 1. The van der Waals surface area contributed by atoms with E-state index in [0.29, 0.717) is 23.6 Å². The summed E-state index contributed by atoms with van der Waals surface area (Å²) in [6.45, 7) is 0.441. The van der Waals surface area contributed by atoms with E-state index in [1.807, 2.05) is 48.5 Å². The van der Waals surface area contributed by atoms with Gasteiger partial charge in [0.25, 0.3) is 5.91 Å². The van der Waals surface area contributed by atoms with Crippen LogP contribution < -0.4 is 14.8 Å². The fraction of sp³-hybridized carbons (Fsp3) is 0.0952. The first-order chi connectivity index (χ1) is 12.7. The molecule has 1 N–H and O–H groups in total. The Bertz CT molecular complexity index is 877. The number of carbonyl (C=O) groups is 1. The average Bonchev–Trinajstić information content (AvgIpc) is 2.68. The minimum absolute atomic E-state index is 0.185. The van der Waals surface area contributed by atoms with Gasteiger partial charge in [0, 0.05) is 10.0 Å². The van der Waals surface area contributed by atoms with E-state index in [4.69, 9.17) is 9.47 Å². The van der Waals surface area contributed by atoms with Gasteiger partial charge in [0.2, 0.25) is 0 Å². The number of hydrogen-bond acceptors (Lipinski definition) is 3. The molecule has 4 nitrogen and oxygen atoms in total. The Labute approximate surface area is 160 Å². The van der Waals surface area contributed by atoms with Gasteiger partial charge < -0.3 is 14.8 Å². The highest BCUT2D eigenvalue weighted by Gasteiger charge is 2.09. The maximum Gasteiger partial charge on any atom is 0.255 e. The fourth-order valence-electron chi connectivity index (χ4n) is 2.39. The lowest BCUT2D eigenvalue weighted by molar-refractivity contribution is 0.102. The molecule has 0 heterocycles. The second-order valence-corrected chi connectivity index (χ2v) is 6.51. The Balaban J connectivity index is 1.61. The standard InChI is InChI=1S/C21H18BrNO3/c1-25-20-5-3-2-4-19(20)23-21(24)16-8-6-15(7-9-16)14-26-18-12-10-17(22)11-13-18/h2-13H,14H2,1H3,(H,23,24). The lowest BCUT2D eigenvalue weighted by Gasteiger charge is -2.10. The number of hydrogen-bond donors (Lipinski definition) is 1. The van der Waals surface area contributed by atoms with Crippen LogP contribution in [0, 0.1) is 0 Å². The van der Waals surface area contributed by atoms with Crippen LogP contribution >= 0.6 is 15.9 Å². The van der Waals surface area contributed by atoms with Crippen LogP contribution in [0.3, 0.4) is 0 Å². The predicted molar refractivity (Wildman–Crippen MR) is 106 cm³/mol. The van der Waals surface area contributed by atoms with E-state index in [9.17, 15) is 4.79 Å². The molecule has 5 heteroatoms. The zero-order valence-corrected chi connectivity index (χ0v) is 15.8. The molecule has 0 saturated heterocycles. The van der Waals surface area contributed by atoms with Crippen LogP contribution in [0.5, 0.6) is 11.5 Å². The molecule has 0 aliphatic carbocycles. The molecule has 0 fully saturated rings. The number of amides is 1. The molecule has 3 aromatic rings. The molecule has 0 unspecified atom stereocenters. The summed E-state index contributed by atoms with van der Waals surface area (Å²) < 4.78 is 12.0. The van der Waals surface area contributed by atoms with Crippen LogP contribution in [0.2, 0.25) is 0 Å². The molecule has 0 aliphatic rings. The number of halogens is 1. The minimum atomic E-state index is -0.185. The summed E-state index contributed by atoms with van der Waals surface area (Å²) >= 11 is 3.39. The van der Waals surface area contributed by atoms with Crippen LogP contribution in [-0.4, -0.2) is 13.0 Å². The largest absolute Gasteiger partial charge is 0.495 e. The average molecular weight is 412 g/mol. The number of ether oxygens (including phenoxy) is 2. The van der Waals surface area contributed by atoms with Crippen molar-refractivity contribution in [2.24, 2.45) is 0 Å². The van der Waals surface area contributed by atoms with Gasteiger partial charge >= 0.3 is 0 Å². The third-order valence-electron chi connectivity index (χ3n) is 3.79. The number of methoxy groups -OCH3 is 1. The first-order valence-electron chi connectivity index (χ1n) is 8.07. The fourth-order valence-corrected chi connectivity index (χ4v) is 2.66. The Morgan fingerprint density at radius 2 is 1.65 bits per heavy atom. The molecule has 0 aromatic heterocycles. The van der Waals surface area contributed by atoms with Crippen molar-refractivity contribution >= 4 is 27.5 Å². The molecule has 132 valence electrons. The zero-order chi connectivity index (χ0) is 18.4. The van der Waals surface area contributed by atoms with Crippen LogP contribution in [-0.2, 0) is 6.61 Å². The molecule has 0 spiro atoms. The smallest absolute Gasteiger partial charge is 0.255 e. The van der Waals surface area contributed by atoms with Crippen LogP contribution in [0.25, 0.3) is 0 Å². The number of benzene rings is 3. The maximum atomic E-state index is 12.4. The van der Waals surface area contributed by atoms with Gasteiger partial charge in [0.15, 0.2) is 0 Å². The molecule has 3 aromatic carbocycles. The van der Waals surface area contributed by atoms with Crippen molar-refractivity contribution in [3.05, 3.63) is 88.4 Å². The van der Waals surface area contributed by atoms with Gasteiger partial charge in [-0.05, 0) is 54.1 Å². The highest BCUT2D eigenvalue weighted by Crippen LogP contribution is 2.24. The third-order valence-corrected chi connectivity index (χ3v) is 4.32. The van der Waals surface area contributed by atoms with Gasteiger partial charge in [0.1, 0.15) is 18.1 Å². The Kier molecular flexibility index (Phi) is 5.92. The molecule has 0 bridgehead atoms. The summed E-state index contributed by atoms with van der Waals surface area (Å²) in [5.41, 5.74) is 2.20. The van der Waals surface area contributed by atoms with Crippen molar-refractivity contribution in [1.29, 1.82) is 0 Å². The number of nitrogens with one attached hydrogen (secondary N) is 1. The van der Waals surface area contributed by atoms with E-state index >= 15 is 0 Å². The second kappa shape index (κ2) is 8.54. The summed E-state index contributed by atoms with van der Waals surface area (Å²) in [4.78, 5) is 12.4. The Hall–Kier alpha value is -2.79. The first kappa shape index (κ1) is 18.0. The maximum absolute atomic E-state index is 12.4. The van der Waals surface area contributed by atoms with Gasteiger partial charge in [-0.25, -0.2) is 0 Å². The van der Waals surface area contributed by atoms with Crippen molar-refractivity contribution in [3.8, 4) is 11.5 Å². The van der Waals surface area contributed by atoms with Gasteiger partial charge in [-0.2, -0.15) is 0 Å². The van der Waals surface area contributed by atoms with Crippen molar-refractivity contribution in [3.63, 3.8) is 0 Å². The molecule has 0 saturated carbocycles.